The second kappa shape index (κ2) is 5.38. The number of cyclic esters (lactones) is 1. The molecule has 0 bridgehead atoms. The molecule has 2 saturated carbocycles. The first-order chi connectivity index (χ1) is 14.5. The quantitative estimate of drug-likeness (QED) is 0.271. The van der Waals surface area contributed by atoms with E-state index in [1.165, 1.54) is 6.92 Å². The summed E-state index contributed by atoms with van der Waals surface area (Å²) in [5, 5.41) is 11.7. The summed E-state index contributed by atoms with van der Waals surface area (Å²) in [5.74, 6) is -2.87. The molecule has 6 aliphatic rings. The van der Waals surface area contributed by atoms with Gasteiger partial charge in [0.1, 0.15) is 24.4 Å². The van der Waals surface area contributed by atoms with Crippen molar-refractivity contribution in [1.82, 2.24) is 0 Å². The van der Waals surface area contributed by atoms with Gasteiger partial charge in [0, 0.05) is 36.2 Å². The number of esters is 3. The number of ketones is 1. The number of Topliss-reactive ketones (excluding diaryl/α,β-unsaturated/α-hetero) is 1. The Bertz CT molecular complexity index is 997. The SMILES string of the molecule is CC(=O)O[C@@H]1C[C@@]23COC(=O)C2=CC[C@@H]2[C@@H]3[C@@](C)(CC(=O)[C@]23C(=O)O[C@H]2O[C@H]23)[C@@]1(C)O. The molecule has 3 saturated heterocycles. The fourth-order valence-electron chi connectivity index (χ4n) is 7.67. The second-order valence-corrected chi connectivity index (χ2v) is 10.3. The molecule has 0 amide bonds. The average molecular weight is 432 g/mol. The summed E-state index contributed by atoms with van der Waals surface area (Å²) in [6.45, 7) is 4.69. The van der Waals surface area contributed by atoms with Crippen LogP contribution >= 0.6 is 0 Å². The predicted molar refractivity (Wildman–Crippen MR) is 98.8 cm³/mol. The van der Waals surface area contributed by atoms with Gasteiger partial charge in [-0.1, -0.05) is 13.0 Å². The van der Waals surface area contributed by atoms with Crippen molar-refractivity contribution in [2.75, 3.05) is 6.61 Å². The van der Waals surface area contributed by atoms with Crippen LogP contribution in [0.3, 0.4) is 0 Å². The maximum Gasteiger partial charge on any atom is 0.334 e. The topological polar surface area (TPSA) is 129 Å². The number of epoxide rings is 1. The lowest BCUT2D eigenvalue weighted by Crippen LogP contribution is -2.74. The van der Waals surface area contributed by atoms with Crippen molar-refractivity contribution >= 4 is 23.7 Å². The van der Waals surface area contributed by atoms with Crippen molar-refractivity contribution in [3.8, 4) is 0 Å². The van der Waals surface area contributed by atoms with E-state index in [4.69, 9.17) is 18.9 Å². The second-order valence-electron chi connectivity index (χ2n) is 10.3. The van der Waals surface area contributed by atoms with E-state index < -0.39 is 70.1 Å². The molecular formula is C22H24O9. The normalized spacial score (nSPS) is 53.7. The summed E-state index contributed by atoms with van der Waals surface area (Å²) < 4.78 is 21.9. The van der Waals surface area contributed by atoms with Gasteiger partial charge in [0.05, 0.1) is 0 Å². The van der Waals surface area contributed by atoms with Crippen LogP contribution in [0.1, 0.15) is 40.0 Å². The molecule has 0 aromatic rings. The van der Waals surface area contributed by atoms with Gasteiger partial charge in [-0.2, -0.15) is 0 Å². The van der Waals surface area contributed by atoms with E-state index in [1.54, 1.807) is 19.9 Å². The first-order valence-electron chi connectivity index (χ1n) is 10.7. The fourth-order valence-corrected chi connectivity index (χ4v) is 7.67. The minimum atomic E-state index is -1.56. The van der Waals surface area contributed by atoms with Crippen molar-refractivity contribution < 1.29 is 43.2 Å². The van der Waals surface area contributed by atoms with E-state index in [0.29, 0.717) is 12.0 Å². The van der Waals surface area contributed by atoms with Crippen molar-refractivity contribution in [1.29, 1.82) is 0 Å². The molecule has 0 aromatic carbocycles. The van der Waals surface area contributed by atoms with E-state index in [1.807, 2.05) is 0 Å². The highest BCUT2D eigenvalue weighted by Gasteiger charge is 2.83. The molecule has 3 aliphatic heterocycles. The van der Waals surface area contributed by atoms with Crippen LogP contribution in [-0.4, -0.2) is 59.5 Å². The number of rotatable bonds is 1. The van der Waals surface area contributed by atoms with Crippen LogP contribution < -0.4 is 0 Å². The summed E-state index contributed by atoms with van der Waals surface area (Å²) in [5.41, 5.74) is -4.47. The standard InChI is InChI=1S/C22H24O9/c1-9(23)29-13-7-21-8-28-16(25)11(21)5-4-10-14(21)19(2,20(13,3)27)6-12(24)22(10)15-17(30-15)31-18(22)26/h5,10,13-15,17,27H,4,6-8H2,1-3H3/t10-,13-,14-,15-,17-,19-,20+,21-,22-/m1/s1. The Balaban J connectivity index is 1.59. The first kappa shape index (κ1) is 19.4. The number of fused-ring (bicyclic) bond motifs is 3. The molecule has 1 N–H and O–H groups in total. The molecule has 9 nitrogen and oxygen atoms in total. The Kier molecular flexibility index (Phi) is 3.37. The lowest BCUT2D eigenvalue weighted by molar-refractivity contribution is -0.263. The summed E-state index contributed by atoms with van der Waals surface area (Å²) in [4.78, 5) is 51.2. The molecule has 5 fully saturated rings. The van der Waals surface area contributed by atoms with Gasteiger partial charge in [0.2, 0.25) is 6.29 Å². The van der Waals surface area contributed by atoms with Gasteiger partial charge in [-0.05, 0) is 25.2 Å². The lowest BCUT2D eigenvalue weighted by Gasteiger charge is -2.67. The van der Waals surface area contributed by atoms with Crippen LogP contribution in [0.15, 0.2) is 11.6 Å². The third-order valence-corrected chi connectivity index (χ3v) is 9.15. The highest BCUT2D eigenvalue weighted by Crippen LogP contribution is 2.74. The fraction of sp³-hybridized carbons (Fsp3) is 0.727. The highest BCUT2D eigenvalue weighted by molar-refractivity contribution is 6.08. The summed E-state index contributed by atoms with van der Waals surface area (Å²) in [6, 6.07) is 0. The van der Waals surface area contributed by atoms with Crippen LogP contribution in [0.25, 0.3) is 0 Å². The van der Waals surface area contributed by atoms with Gasteiger partial charge in [-0.25, -0.2) is 4.79 Å². The molecule has 0 aromatic heterocycles. The molecule has 9 heteroatoms. The van der Waals surface area contributed by atoms with Crippen molar-refractivity contribution in [3.63, 3.8) is 0 Å². The molecule has 9 atom stereocenters. The van der Waals surface area contributed by atoms with Gasteiger partial charge in [0.15, 0.2) is 11.2 Å². The third kappa shape index (κ3) is 1.92. The van der Waals surface area contributed by atoms with Gasteiger partial charge in [0.25, 0.3) is 0 Å². The zero-order valence-corrected chi connectivity index (χ0v) is 17.5. The Labute approximate surface area is 178 Å². The maximum absolute atomic E-state index is 13.7. The molecule has 3 heterocycles. The van der Waals surface area contributed by atoms with Gasteiger partial charge < -0.3 is 24.1 Å². The molecule has 6 rings (SSSR count). The Hall–Kier alpha value is -2.26. The molecular weight excluding hydrogens is 408 g/mol. The molecule has 31 heavy (non-hydrogen) atoms. The number of allylic oxidation sites excluding steroid dienone is 1. The summed E-state index contributed by atoms with van der Waals surface area (Å²) in [7, 11) is 0. The number of ether oxygens (including phenoxy) is 4. The Morgan fingerprint density at radius 3 is 2.65 bits per heavy atom. The summed E-state index contributed by atoms with van der Waals surface area (Å²) >= 11 is 0. The largest absolute Gasteiger partial charge is 0.461 e. The number of carbonyl (C=O) groups excluding carboxylic acids is 4. The number of hydrogen-bond acceptors (Lipinski definition) is 9. The highest BCUT2D eigenvalue weighted by atomic mass is 16.8. The van der Waals surface area contributed by atoms with E-state index in [-0.39, 0.29) is 25.2 Å². The predicted octanol–water partition coefficient (Wildman–Crippen LogP) is 0.426. The van der Waals surface area contributed by atoms with Gasteiger partial charge in [-0.3, -0.25) is 14.4 Å². The zero-order valence-electron chi connectivity index (χ0n) is 17.5. The Morgan fingerprint density at radius 1 is 1.26 bits per heavy atom. The Morgan fingerprint density at radius 2 is 2.00 bits per heavy atom. The van der Waals surface area contributed by atoms with Crippen LogP contribution in [-0.2, 0) is 38.1 Å². The lowest BCUT2D eigenvalue weighted by atomic mass is 9.36. The molecule has 2 spiro atoms. The van der Waals surface area contributed by atoms with E-state index >= 15 is 0 Å². The van der Waals surface area contributed by atoms with Crippen molar-refractivity contribution in [2.45, 2.75) is 64.1 Å². The van der Waals surface area contributed by atoms with Crippen molar-refractivity contribution in [2.24, 2.45) is 28.1 Å². The van der Waals surface area contributed by atoms with Crippen LogP contribution in [0.5, 0.6) is 0 Å². The molecule has 3 aliphatic carbocycles. The number of hydrogen-bond donors (Lipinski definition) is 1. The van der Waals surface area contributed by atoms with Gasteiger partial charge >= 0.3 is 17.9 Å². The van der Waals surface area contributed by atoms with Crippen LogP contribution in [0.4, 0.5) is 0 Å². The monoisotopic (exact) mass is 432 g/mol. The number of carbonyl (C=O) groups is 4. The first-order valence-corrected chi connectivity index (χ1v) is 10.7. The van der Waals surface area contributed by atoms with E-state index in [9.17, 15) is 24.3 Å². The minimum Gasteiger partial charge on any atom is -0.461 e. The minimum absolute atomic E-state index is 0.0521. The molecule has 166 valence electrons. The van der Waals surface area contributed by atoms with Gasteiger partial charge in [-0.15, -0.1) is 0 Å². The smallest absolute Gasteiger partial charge is 0.334 e. The van der Waals surface area contributed by atoms with Crippen LogP contribution in [0, 0.1) is 28.1 Å². The molecule has 0 unspecified atom stereocenters. The summed E-state index contributed by atoms with van der Waals surface area (Å²) in [6.07, 6.45) is -0.180. The average Bonchev–Trinajstić information content (AvgIpc) is 3.26. The third-order valence-electron chi connectivity index (χ3n) is 9.15. The van der Waals surface area contributed by atoms with E-state index in [2.05, 4.69) is 0 Å². The number of aliphatic hydroxyl groups is 1. The van der Waals surface area contributed by atoms with E-state index in [0.717, 1.165) is 0 Å². The molecule has 0 radical (unpaired) electrons. The van der Waals surface area contributed by atoms with Crippen LogP contribution in [0.2, 0.25) is 0 Å². The maximum atomic E-state index is 13.7. The van der Waals surface area contributed by atoms with Crippen molar-refractivity contribution in [3.05, 3.63) is 11.6 Å². The zero-order chi connectivity index (χ0) is 22.1.